The minimum Gasteiger partial charge on any atom is -0.480 e. The number of nitrogens with zero attached hydrogens (tertiary/aromatic N) is 1. The number of benzene rings is 1. The molecule has 1 saturated heterocycles. The zero-order chi connectivity index (χ0) is 13.4. The molecule has 0 aliphatic carbocycles. The average Bonchev–Trinajstić information content (AvgIpc) is 2.36. The van der Waals surface area contributed by atoms with Crippen molar-refractivity contribution in [2.24, 2.45) is 0 Å². The average molecular weight is 260 g/mol. The second-order valence-corrected chi connectivity index (χ2v) is 5.01. The molecule has 1 amide bonds. The van der Waals surface area contributed by atoms with Crippen molar-refractivity contribution < 1.29 is 14.7 Å². The third kappa shape index (κ3) is 2.00. The Labute approximate surface area is 111 Å². The summed E-state index contributed by atoms with van der Waals surface area (Å²) in [4.78, 5) is 24.9. The third-order valence-corrected chi connectivity index (χ3v) is 3.94. The van der Waals surface area contributed by atoms with Crippen LogP contribution in [0, 0.1) is 0 Å². The molecule has 0 aromatic heterocycles. The maximum absolute atomic E-state index is 12.5. The van der Waals surface area contributed by atoms with Crippen LogP contribution in [0.5, 0.6) is 0 Å². The van der Waals surface area contributed by atoms with Gasteiger partial charge in [-0.25, -0.2) is 4.79 Å². The van der Waals surface area contributed by atoms with Crippen LogP contribution in [-0.2, 0) is 16.0 Å². The highest BCUT2D eigenvalue weighted by molar-refractivity contribution is 5.89. The van der Waals surface area contributed by atoms with Gasteiger partial charge in [-0.15, -0.1) is 0 Å². The van der Waals surface area contributed by atoms with Crippen molar-refractivity contribution in [3.63, 3.8) is 0 Å². The summed E-state index contributed by atoms with van der Waals surface area (Å²) in [5.74, 6) is -1.03. The van der Waals surface area contributed by atoms with Gasteiger partial charge in [-0.3, -0.25) is 4.79 Å². The van der Waals surface area contributed by atoms with Gasteiger partial charge in [-0.1, -0.05) is 24.3 Å². The largest absolute Gasteiger partial charge is 0.480 e. The van der Waals surface area contributed by atoms with Gasteiger partial charge in [0.05, 0.1) is 0 Å². The first kappa shape index (κ1) is 12.2. The number of amides is 1. The van der Waals surface area contributed by atoms with Crippen LogP contribution in [0.2, 0.25) is 0 Å². The van der Waals surface area contributed by atoms with Gasteiger partial charge in [0.25, 0.3) is 0 Å². The molecule has 2 unspecified atom stereocenters. The standard InChI is InChI=1S/C14H16N2O3/c17-13(16-8-6-11(16)14(18)19)12-10-4-2-1-3-9(10)5-7-15-12/h1-4,11-12,15H,5-8H2,(H,18,19). The summed E-state index contributed by atoms with van der Waals surface area (Å²) in [5.41, 5.74) is 2.15. The maximum Gasteiger partial charge on any atom is 0.326 e. The number of fused-ring (bicyclic) bond motifs is 1. The molecule has 100 valence electrons. The highest BCUT2D eigenvalue weighted by Crippen LogP contribution is 2.28. The van der Waals surface area contributed by atoms with Crippen molar-refractivity contribution >= 4 is 11.9 Å². The summed E-state index contributed by atoms with van der Waals surface area (Å²) in [6.45, 7) is 1.29. The Morgan fingerprint density at radius 3 is 2.79 bits per heavy atom. The number of carbonyl (C=O) groups excluding carboxylic acids is 1. The molecule has 0 saturated carbocycles. The zero-order valence-electron chi connectivity index (χ0n) is 10.5. The molecule has 1 aromatic carbocycles. The highest BCUT2D eigenvalue weighted by Gasteiger charge is 2.41. The Hall–Kier alpha value is -1.88. The second-order valence-electron chi connectivity index (χ2n) is 5.01. The lowest BCUT2D eigenvalue weighted by Gasteiger charge is -2.41. The molecule has 5 heteroatoms. The molecular weight excluding hydrogens is 244 g/mol. The van der Waals surface area contributed by atoms with E-state index in [-0.39, 0.29) is 5.91 Å². The summed E-state index contributed by atoms with van der Waals surface area (Å²) >= 11 is 0. The number of carbonyl (C=O) groups is 2. The van der Waals surface area contributed by atoms with Gasteiger partial charge < -0.3 is 15.3 Å². The van der Waals surface area contributed by atoms with E-state index in [2.05, 4.69) is 5.32 Å². The second kappa shape index (κ2) is 4.66. The number of carboxylic acid groups (broad SMARTS) is 1. The molecule has 0 spiro atoms. The Balaban J connectivity index is 1.84. The van der Waals surface area contributed by atoms with Gasteiger partial charge in [0.2, 0.25) is 5.91 Å². The van der Waals surface area contributed by atoms with Crippen molar-refractivity contribution in [1.29, 1.82) is 0 Å². The fraction of sp³-hybridized carbons (Fsp3) is 0.429. The van der Waals surface area contributed by atoms with Crippen LogP contribution >= 0.6 is 0 Å². The van der Waals surface area contributed by atoms with Crippen molar-refractivity contribution in [1.82, 2.24) is 10.2 Å². The number of hydrogen-bond acceptors (Lipinski definition) is 3. The van der Waals surface area contributed by atoms with E-state index in [4.69, 9.17) is 5.11 Å². The van der Waals surface area contributed by atoms with E-state index in [9.17, 15) is 9.59 Å². The van der Waals surface area contributed by atoms with Crippen molar-refractivity contribution in [3.05, 3.63) is 35.4 Å². The zero-order valence-corrected chi connectivity index (χ0v) is 10.5. The van der Waals surface area contributed by atoms with Crippen molar-refractivity contribution in [2.75, 3.05) is 13.1 Å². The first-order valence-corrected chi connectivity index (χ1v) is 6.53. The van der Waals surface area contributed by atoms with E-state index in [1.165, 1.54) is 10.5 Å². The van der Waals surface area contributed by atoms with E-state index in [1.807, 2.05) is 24.3 Å². The van der Waals surface area contributed by atoms with E-state index in [0.717, 1.165) is 18.5 Å². The summed E-state index contributed by atoms with van der Waals surface area (Å²) < 4.78 is 0. The predicted octanol–water partition coefficient (Wildman–Crippen LogP) is 0.559. The number of likely N-dealkylation sites (tertiary alicyclic amines) is 1. The van der Waals surface area contributed by atoms with Crippen LogP contribution in [0.25, 0.3) is 0 Å². The highest BCUT2D eigenvalue weighted by atomic mass is 16.4. The molecule has 2 aliphatic rings. The molecule has 2 atom stereocenters. The first-order chi connectivity index (χ1) is 9.18. The SMILES string of the molecule is O=C(O)C1CCN1C(=O)C1NCCc2ccccc21. The Morgan fingerprint density at radius 2 is 2.11 bits per heavy atom. The third-order valence-electron chi connectivity index (χ3n) is 3.94. The minimum atomic E-state index is -0.913. The van der Waals surface area contributed by atoms with Crippen molar-refractivity contribution in [3.8, 4) is 0 Å². The number of carboxylic acids is 1. The molecule has 2 aliphatic heterocycles. The maximum atomic E-state index is 12.5. The molecule has 2 N–H and O–H groups in total. The Kier molecular flexibility index (Phi) is 2.98. The Bertz CT molecular complexity index is 529. The van der Waals surface area contributed by atoms with E-state index >= 15 is 0 Å². The van der Waals surface area contributed by atoms with Gasteiger partial charge in [0.15, 0.2) is 0 Å². The Morgan fingerprint density at radius 1 is 1.32 bits per heavy atom. The summed E-state index contributed by atoms with van der Waals surface area (Å²) in [6, 6.07) is 6.81. The quantitative estimate of drug-likeness (QED) is 0.815. The van der Waals surface area contributed by atoms with Gasteiger partial charge >= 0.3 is 5.97 Å². The van der Waals surface area contributed by atoms with Gasteiger partial charge in [-0.2, -0.15) is 0 Å². The normalized spacial score (nSPS) is 25.4. The summed E-state index contributed by atoms with van der Waals surface area (Å²) in [5, 5.41) is 12.2. The topological polar surface area (TPSA) is 69.6 Å². The monoisotopic (exact) mass is 260 g/mol. The van der Waals surface area contributed by atoms with Crippen LogP contribution < -0.4 is 5.32 Å². The minimum absolute atomic E-state index is 0.120. The van der Waals surface area contributed by atoms with Crippen LogP contribution in [0.3, 0.4) is 0 Å². The van der Waals surface area contributed by atoms with Crippen LogP contribution in [0.1, 0.15) is 23.6 Å². The summed E-state index contributed by atoms with van der Waals surface area (Å²) in [7, 11) is 0. The lowest BCUT2D eigenvalue weighted by atomic mass is 9.91. The molecule has 3 rings (SSSR count). The molecule has 19 heavy (non-hydrogen) atoms. The van der Waals surface area contributed by atoms with Gasteiger partial charge in [-0.05, 0) is 24.0 Å². The molecule has 5 nitrogen and oxygen atoms in total. The van der Waals surface area contributed by atoms with Gasteiger partial charge in [0.1, 0.15) is 12.1 Å². The van der Waals surface area contributed by atoms with Crippen molar-refractivity contribution in [2.45, 2.75) is 24.9 Å². The summed E-state index contributed by atoms with van der Waals surface area (Å²) in [6.07, 6.45) is 1.46. The van der Waals surface area contributed by atoms with Crippen LogP contribution in [0.15, 0.2) is 24.3 Å². The number of rotatable bonds is 2. The molecule has 1 fully saturated rings. The fourth-order valence-electron chi connectivity index (χ4n) is 2.80. The molecule has 2 heterocycles. The molecule has 0 radical (unpaired) electrons. The van der Waals surface area contributed by atoms with Crippen LogP contribution in [-0.4, -0.2) is 41.0 Å². The van der Waals surface area contributed by atoms with Crippen LogP contribution in [0.4, 0.5) is 0 Å². The smallest absolute Gasteiger partial charge is 0.326 e. The lowest BCUT2D eigenvalue weighted by molar-refractivity contribution is -0.158. The number of nitrogens with one attached hydrogen (secondary N) is 1. The number of aliphatic carboxylic acids is 1. The lowest BCUT2D eigenvalue weighted by Crippen LogP contribution is -2.58. The van der Waals surface area contributed by atoms with Gasteiger partial charge in [0, 0.05) is 13.1 Å². The van der Waals surface area contributed by atoms with E-state index < -0.39 is 18.1 Å². The molecule has 1 aromatic rings. The number of hydrogen-bond donors (Lipinski definition) is 2. The molecule has 0 bridgehead atoms. The first-order valence-electron chi connectivity index (χ1n) is 6.53. The molecular formula is C14H16N2O3. The van der Waals surface area contributed by atoms with E-state index in [1.54, 1.807) is 0 Å². The van der Waals surface area contributed by atoms with E-state index in [0.29, 0.717) is 13.0 Å². The predicted molar refractivity (Wildman–Crippen MR) is 68.6 cm³/mol. The fourth-order valence-corrected chi connectivity index (χ4v) is 2.80.